The van der Waals surface area contributed by atoms with Gasteiger partial charge in [-0.2, -0.15) is 0 Å². The molecular weight excluding hydrogens is 136 g/mol. The standard InChI is InChI=1S/C10H20O/c1-5-10(4,11)8-6-7-9(2)3/h5,9,11H,1,6-8H2,2-4H3/t10-/m1/s1. The molecule has 0 radical (unpaired) electrons. The normalized spacial score (nSPS) is 16.5. The lowest BCUT2D eigenvalue weighted by Crippen LogP contribution is -2.19. The van der Waals surface area contributed by atoms with Crippen LogP contribution in [0.2, 0.25) is 0 Å². The lowest BCUT2D eigenvalue weighted by Gasteiger charge is -2.18. The van der Waals surface area contributed by atoms with Gasteiger partial charge in [0, 0.05) is 0 Å². The highest BCUT2D eigenvalue weighted by Gasteiger charge is 2.13. The van der Waals surface area contributed by atoms with E-state index in [1.54, 1.807) is 13.0 Å². The molecular formula is C10H20O. The van der Waals surface area contributed by atoms with Gasteiger partial charge >= 0.3 is 0 Å². The van der Waals surface area contributed by atoms with Crippen LogP contribution in [0, 0.1) is 5.92 Å². The number of hydrogen-bond donors (Lipinski definition) is 1. The minimum atomic E-state index is -0.658. The van der Waals surface area contributed by atoms with Crippen LogP contribution in [-0.4, -0.2) is 10.7 Å². The smallest absolute Gasteiger partial charge is 0.0797 e. The molecule has 0 aromatic heterocycles. The Morgan fingerprint density at radius 1 is 1.55 bits per heavy atom. The van der Waals surface area contributed by atoms with Crippen molar-refractivity contribution in [1.29, 1.82) is 0 Å². The molecule has 0 spiro atoms. The summed E-state index contributed by atoms with van der Waals surface area (Å²) in [7, 11) is 0. The first-order valence-corrected chi connectivity index (χ1v) is 4.34. The molecule has 0 saturated carbocycles. The first-order chi connectivity index (χ1) is 4.98. The third-order valence-electron chi connectivity index (χ3n) is 1.90. The molecule has 1 heteroatoms. The summed E-state index contributed by atoms with van der Waals surface area (Å²) in [5.41, 5.74) is -0.658. The summed E-state index contributed by atoms with van der Waals surface area (Å²) in [5.74, 6) is 0.732. The van der Waals surface area contributed by atoms with Crippen molar-refractivity contribution in [2.45, 2.75) is 45.6 Å². The summed E-state index contributed by atoms with van der Waals surface area (Å²) in [5, 5.41) is 9.52. The average molecular weight is 156 g/mol. The van der Waals surface area contributed by atoms with E-state index in [1.165, 1.54) is 6.42 Å². The van der Waals surface area contributed by atoms with Gasteiger partial charge in [0.25, 0.3) is 0 Å². The largest absolute Gasteiger partial charge is 0.386 e. The van der Waals surface area contributed by atoms with Gasteiger partial charge in [0.2, 0.25) is 0 Å². The van der Waals surface area contributed by atoms with Crippen LogP contribution in [0.3, 0.4) is 0 Å². The third kappa shape index (κ3) is 6.11. The molecule has 1 N–H and O–H groups in total. The van der Waals surface area contributed by atoms with E-state index in [2.05, 4.69) is 20.4 Å². The van der Waals surface area contributed by atoms with E-state index >= 15 is 0 Å². The number of aliphatic hydroxyl groups is 1. The van der Waals surface area contributed by atoms with E-state index < -0.39 is 5.60 Å². The van der Waals surface area contributed by atoms with Crippen molar-refractivity contribution < 1.29 is 5.11 Å². The average Bonchev–Trinajstić information content (AvgIpc) is 1.87. The molecule has 0 aliphatic rings. The molecule has 0 bridgehead atoms. The van der Waals surface area contributed by atoms with E-state index in [0.29, 0.717) is 0 Å². The molecule has 0 fully saturated rings. The number of hydrogen-bond acceptors (Lipinski definition) is 1. The van der Waals surface area contributed by atoms with Crippen molar-refractivity contribution in [1.82, 2.24) is 0 Å². The van der Waals surface area contributed by atoms with Gasteiger partial charge in [0.15, 0.2) is 0 Å². The molecule has 0 aliphatic carbocycles. The topological polar surface area (TPSA) is 20.2 Å². The van der Waals surface area contributed by atoms with Crippen LogP contribution in [0.25, 0.3) is 0 Å². The summed E-state index contributed by atoms with van der Waals surface area (Å²) >= 11 is 0. The zero-order valence-corrected chi connectivity index (χ0v) is 7.93. The van der Waals surface area contributed by atoms with Gasteiger partial charge in [0.05, 0.1) is 5.60 Å². The molecule has 0 rings (SSSR count). The van der Waals surface area contributed by atoms with E-state index in [-0.39, 0.29) is 0 Å². The van der Waals surface area contributed by atoms with Crippen molar-refractivity contribution in [3.8, 4) is 0 Å². The van der Waals surface area contributed by atoms with Gasteiger partial charge in [-0.25, -0.2) is 0 Å². The van der Waals surface area contributed by atoms with Crippen molar-refractivity contribution in [2.24, 2.45) is 5.92 Å². The first kappa shape index (κ1) is 10.7. The molecule has 0 amide bonds. The van der Waals surface area contributed by atoms with E-state index in [0.717, 1.165) is 18.8 Å². The maximum absolute atomic E-state index is 9.52. The fourth-order valence-corrected chi connectivity index (χ4v) is 0.970. The molecule has 0 unspecified atom stereocenters. The molecule has 0 aliphatic heterocycles. The quantitative estimate of drug-likeness (QED) is 0.607. The van der Waals surface area contributed by atoms with Gasteiger partial charge in [-0.05, 0) is 19.3 Å². The van der Waals surface area contributed by atoms with Gasteiger partial charge in [-0.1, -0.05) is 32.8 Å². The fraction of sp³-hybridized carbons (Fsp3) is 0.800. The van der Waals surface area contributed by atoms with Crippen LogP contribution in [0.5, 0.6) is 0 Å². The minimum Gasteiger partial charge on any atom is -0.386 e. The number of rotatable bonds is 5. The Morgan fingerprint density at radius 3 is 2.45 bits per heavy atom. The van der Waals surface area contributed by atoms with E-state index in [4.69, 9.17) is 0 Å². The monoisotopic (exact) mass is 156 g/mol. The zero-order valence-electron chi connectivity index (χ0n) is 7.93. The van der Waals surface area contributed by atoms with Crippen LogP contribution < -0.4 is 0 Å². The predicted octanol–water partition coefficient (Wildman–Crippen LogP) is 2.75. The van der Waals surface area contributed by atoms with Crippen molar-refractivity contribution >= 4 is 0 Å². The minimum absolute atomic E-state index is 0.658. The first-order valence-electron chi connectivity index (χ1n) is 4.34. The van der Waals surface area contributed by atoms with Crippen molar-refractivity contribution in [2.75, 3.05) is 0 Å². The Bertz CT molecular complexity index is 114. The highest BCUT2D eigenvalue weighted by atomic mass is 16.3. The lowest BCUT2D eigenvalue weighted by molar-refractivity contribution is 0.0979. The molecule has 0 heterocycles. The molecule has 1 nitrogen and oxygen atoms in total. The summed E-state index contributed by atoms with van der Waals surface area (Å²) in [6, 6.07) is 0. The maximum atomic E-state index is 9.52. The Labute approximate surface area is 70.1 Å². The third-order valence-corrected chi connectivity index (χ3v) is 1.90. The van der Waals surface area contributed by atoms with Crippen molar-refractivity contribution in [3.05, 3.63) is 12.7 Å². The SMILES string of the molecule is C=C[C@@](C)(O)CCCC(C)C. The molecule has 0 saturated heterocycles. The van der Waals surface area contributed by atoms with Crippen LogP contribution in [-0.2, 0) is 0 Å². The van der Waals surface area contributed by atoms with E-state index in [1.807, 2.05) is 0 Å². The van der Waals surface area contributed by atoms with Gasteiger partial charge in [0.1, 0.15) is 0 Å². The highest BCUT2D eigenvalue weighted by Crippen LogP contribution is 2.16. The summed E-state index contributed by atoms with van der Waals surface area (Å²) in [6.45, 7) is 9.78. The van der Waals surface area contributed by atoms with E-state index in [9.17, 15) is 5.11 Å². The van der Waals surface area contributed by atoms with Crippen LogP contribution in [0.4, 0.5) is 0 Å². The van der Waals surface area contributed by atoms with Crippen molar-refractivity contribution in [3.63, 3.8) is 0 Å². The second kappa shape index (κ2) is 4.55. The Hall–Kier alpha value is -0.300. The molecule has 0 aromatic carbocycles. The Kier molecular flexibility index (Phi) is 4.43. The summed E-state index contributed by atoms with van der Waals surface area (Å²) < 4.78 is 0. The predicted molar refractivity (Wildman–Crippen MR) is 49.5 cm³/mol. The van der Waals surface area contributed by atoms with Gasteiger partial charge < -0.3 is 5.11 Å². The second-order valence-electron chi connectivity index (χ2n) is 3.85. The van der Waals surface area contributed by atoms with Crippen LogP contribution in [0.15, 0.2) is 12.7 Å². The Balaban J connectivity index is 3.45. The van der Waals surface area contributed by atoms with Gasteiger partial charge in [-0.3, -0.25) is 0 Å². The van der Waals surface area contributed by atoms with Crippen LogP contribution >= 0.6 is 0 Å². The molecule has 66 valence electrons. The molecule has 11 heavy (non-hydrogen) atoms. The molecule has 1 atom stereocenters. The summed E-state index contributed by atoms with van der Waals surface area (Å²) in [4.78, 5) is 0. The molecule has 0 aromatic rings. The van der Waals surface area contributed by atoms with Gasteiger partial charge in [-0.15, -0.1) is 6.58 Å². The van der Waals surface area contributed by atoms with Crippen LogP contribution in [0.1, 0.15) is 40.0 Å². The Morgan fingerprint density at radius 2 is 2.09 bits per heavy atom. The maximum Gasteiger partial charge on any atom is 0.0797 e. The fourth-order valence-electron chi connectivity index (χ4n) is 0.970. The highest BCUT2D eigenvalue weighted by molar-refractivity contribution is 4.91. The zero-order chi connectivity index (χ0) is 8.91. The second-order valence-corrected chi connectivity index (χ2v) is 3.85. The summed E-state index contributed by atoms with van der Waals surface area (Å²) in [6.07, 6.45) is 4.71. The lowest BCUT2D eigenvalue weighted by atomic mass is 9.96.